The first-order valence-corrected chi connectivity index (χ1v) is 10.5. The van der Waals surface area contributed by atoms with Crippen molar-refractivity contribution in [3.63, 3.8) is 0 Å². The van der Waals surface area contributed by atoms with Gasteiger partial charge in [0.2, 0.25) is 10.0 Å². The van der Waals surface area contributed by atoms with Gasteiger partial charge in [0.1, 0.15) is 23.9 Å². The molecule has 9 heteroatoms. The number of hydrogen-bond donors (Lipinski definition) is 1. The highest BCUT2D eigenvalue weighted by atomic mass is 32.2. The molecule has 29 heavy (non-hydrogen) atoms. The van der Waals surface area contributed by atoms with Crippen LogP contribution in [0.1, 0.15) is 13.3 Å². The minimum Gasteiger partial charge on any atom is -0.492 e. The topological polar surface area (TPSA) is 84.9 Å². The Labute approximate surface area is 170 Å². The summed E-state index contributed by atoms with van der Waals surface area (Å²) in [5.74, 6) is 0.233. The fraction of sp³-hybridized carbons (Fsp3) is 0.350. The van der Waals surface area contributed by atoms with E-state index in [1.807, 2.05) is 6.92 Å². The van der Waals surface area contributed by atoms with Crippen LogP contribution in [0.2, 0.25) is 0 Å². The molecule has 2 aromatic rings. The van der Waals surface area contributed by atoms with E-state index in [4.69, 9.17) is 9.47 Å². The van der Waals surface area contributed by atoms with Gasteiger partial charge in [-0.15, -0.1) is 0 Å². The molecule has 0 aromatic heterocycles. The van der Waals surface area contributed by atoms with Crippen molar-refractivity contribution < 1.29 is 27.1 Å². The molecule has 0 saturated carbocycles. The van der Waals surface area contributed by atoms with Crippen molar-refractivity contribution in [2.45, 2.75) is 24.3 Å². The summed E-state index contributed by atoms with van der Waals surface area (Å²) in [4.78, 5) is 12.4. The molecule has 1 amide bonds. The number of benzene rings is 2. The zero-order chi connectivity index (χ0) is 21.4. The predicted octanol–water partition coefficient (Wildman–Crippen LogP) is 2.43. The number of halogens is 1. The van der Waals surface area contributed by atoms with Gasteiger partial charge in [-0.25, -0.2) is 17.1 Å². The summed E-state index contributed by atoms with van der Waals surface area (Å²) < 4.78 is 49.2. The van der Waals surface area contributed by atoms with Crippen LogP contribution in [0.25, 0.3) is 0 Å². The maximum Gasteiger partial charge on any atom is 0.261 e. The summed E-state index contributed by atoms with van der Waals surface area (Å²) in [6.07, 6.45) is -0.248. The van der Waals surface area contributed by atoms with Crippen LogP contribution in [0.3, 0.4) is 0 Å². The van der Waals surface area contributed by atoms with Gasteiger partial charge in [0.15, 0.2) is 6.10 Å². The molecule has 0 aliphatic rings. The molecule has 158 valence electrons. The minimum atomic E-state index is -3.48. The molecule has 1 N–H and O–H groups in total. The first-order valence-electron chi connectivity index (χ1n) is 9.09. The lowest BCUT2D eigenvalue weighted by Gasteiger charge is -2.17. The molecule has 0 heterocycles. The lowest BCUT2D eigenvalue weighted by molar-refractivity contribution is -0.128. The molecule has 7 nitrogen and oxygen atoms in total. The normalized spacial score (nSPS) is 12.4. The Morgan fingerprint density at radius 3 is 2.21 bits per heavy atom. The SMILES string of the molecule is CC[C@H](Oc1ccc(F)cc1)C(=O)NCCOc1ccc(S(=O)(=O)N(C)C)cc1. The van der Waals surface area contributed by atoms with Gasteiger partial charge in [0, 0.05) is 14.1 Å². The fourth-order valence-electron chi connectivity index (χ4n) is 2.38. The van der Waals surface area contributed by atoms with Gasteiger partial charge in [-0.2, -0.15) is 0 Å². The van der Waals surface area contributed by atoms with Crippen LogP contribution in [-0.2, 0) is 14.8 Å². The van der Waals surface area contributed by atoms with E-state index in [1.54, 1.807) is 12.1 Å². The third-order valence-corrected chi connectivity index (χ3v) is 5.86. The molecule has 1 atom stereocenters. The maximum absolute atomic E-state index is 12.9. The quantitative estimate of drug-likeness (QED) is 0.592. The predicted molar refractivity (Wildman–Crippen MR) is 107 cm³/mol. The highest BCUT2D eigenvalue weighted by Gasteiger charge is 2.18. The van der Waals surface area contributed by atoms with Crippen molar-refractivity contribution in [2.24, 2.45) is 0 Å². The highest BCUT2D eigenvalue weighted by molar-refractivity contribution is 7.89. The zero-order valence-electron chi connectivity index (χ0n) is 16.6. The Kier molecular flexibility index (Phi) is 7.98. The fourth-order valence-corrected chi connectivity index (χ4v) is 3.28. The van der Waals surface area contributed by atoms with Crippen molar-refractivity contribution in [3.8, 4) is 11.5 Å². The molecule has 0 fully saturated rings. The lowest BCUT2D eigenvalue weighted by atomic mass is 10.2. The second-order valence-corrected chi connectivity index (χ2v) is 8.52. The van der Waals surface area contributed by atoms with Crippen LogP contribution in [-0.4, -0.2) is 52.0 Å². The van der Waals surface area contributed by atoms with Gasteiger partial charge in [-0.05, 0) is 55.0 Å². The Bertz CT molecular complexity index is 899. The van der Waals surface area contributed by atoms with Crippen molar-refractivity contribution in [1.29, 1.82) is 0 Å². The van der Waals surface area contributed by atoms with Crippen LogP contribution >= 0.6 is 0 Å². The highest BCUT2D eigenvalue weighted by Crippen LogP contribution is 2.18. The minimum absolute atomic E-state index is 0.173. The van der Waals surface area contributed by atoms with E-state index in [0.29, 0.717) is 17.9 Å². The van der Waals surface area contributed by atoms with Crippen LogP contribution in [0.5, 0.6) is 11.5 Å². The monoisotopic (exact) mass is 424 g/mol. The lowest BCUT2D eigenvalue weighted by Crippen LogP contribution is -2.39. The Hall–Kier alpha value is -2.65. The van der Waals surface area contributed by atoms with Gasteiger partial charge in [-0.3, -0.25) is 4.79 Å². The molecule has 0 spiro atoms. The Morgan fingerprint density at radius 1 is 1.07 bits per heavy atom. The van der Waals surface area contributed by atoms with Crippen molar-refractivity contribution in [1.82, 2.24) is 9.62 Å². The van der Waals surface area contributed by atoms with Crippen molar-refractivity contribution in [2.75, 3.05) is 27.2 Å². The molecule has 2 rings (SSSR count). The number of carbonyl (C=O) groups excluding carboxylic acids is 1. The van der Waals surface area contributed by atoms with E-state index in [2.05, 4.69) is 5.32 Å². The third kappa shape index (κ3) is 6.43. The summed E-state index contributed by atoms with van der Waals surface area (Å²) in [5.41, 5.74) is 0. The molecular weight excluding hydrogens is 399 g/mol. The molecule has 0 aliphatic heterocycles. The summed E-state index contributed by atoms with van der Waals surface area (Å²) in [6.45, 7) is 2.27. The van der Waals surface area contributed by atoms with Crippen LogP contribution in [0, 0.1) is 5.82 Å². The van der Waals surface area contributed by atoms with Gasteiger partial charge < -0.3 is 14.8 Å². The number of carbonyl (C=O) groups is 1. The van der Waals surface area contributed by atoms with Crippen LogP contribution < -0.4 is 14.8 Å². The Balaban J connectivity index is 1.80. The smallest absolute Gasteiger partial charge is 0.261 e. The number of nitrogens with zero attached hydrogens (tertiary/aromatic N) is 1. The van der Waals surface area contributed by atoms with E-state index in [1.165, 1.54) is 50.5 Å². The van der Waals surface area contributed by atoms with Crippen LogP contribution in [0.15, 0.2) is 53.4 Å². The summed E-state index contributed by atoms with van der Waals surface area (Å²) >= 11 is 0. The van der Waals surface area contributed by atoms with Gasteiger partial charge in [-0.1, -0.05) is 6.92 Å². The van der Waals surface area contributed by atoms with Gasteiger partial charge >= 0.3 is 0 Å². The zero-order valence-corrected chi connectivity index (χ0v) is 17.4. The van der Waals surface area contributed by atoms with Gasteiger partial charge in [0.05, 0.1) is 11.4 Å². The standard InChI is InChI=1S/C20H25FN2O5S/c1-4-19(28-17-7-5-15(21)6-8-17)20(24)22-13-14-27-16-9-11-18(12-10-16)29(25,26)23(2)3/h5-12,19H,4,13-14H2,1-3H3,(H,22,24)/t19-/m0/s1. The number of nitrogens with one attached hydrogen (secondary N) is 1. The molecule has 0 radical (unpaired) electrons. The van der Waals surface area contributed by atoms with E-state index in [0.717, 1.165) is 4.31 Å². The number of sulfonamides is 1. The van der Waals surface area contributed by atoms with Gasteiger partial charge in [0.25, 0.3) is 5.91 Å². The second kappa shape index (κ2) is 10.2. The van der Waals surface area contributed by atoms with Crippen molar-refractivity contribution >= 4 is 15.9 Å². The molecule has 0 aliphatic carbocycles. The first kappa shape index (κ1) is 22.6. The molecule has 0 unspecified atom stereocenters. The molecule has 2 aromatic carbocycles. The average molecular weight is 424 g/mol. The number of ether oxygens (including phenoxy) is 2. The van der Waals surface area contributed by atoms with E-state index in [-0.39, 0.29) is 29.8 Å². The van der Waals surface area contributed by atoms with Crippen LogP contribution in [0.4, 0.5) is 4.39 Å². The number of rotatable bonds is 10. The average Bonchev–Trinajstić information content (AvgIpc) is 2.70. The first-order chi connectivity index (χ1) is 13.7. The number of hydrogen-bond acceptors (Lipinski definition) is 5. The summed E-state index contributed by atoms with van der Waals surface area (Å²) in [6, 6.07) is 11.5. The van der Waals surface area contributed by atoms with E-state index >= 15 is 0 Å². The Morgan fingerprint density at radius 2 is 1.66 bits per heavy atom. The molecule has 0 bridgehead atoms. The number of amides is 1. The second-order valence-electron chi connectivity index (χ2n) is 6.37. The third-order valence-electron chi connectivity index (χ3n) is 4.03. The molecular formula is C20H25FN2O5S. The van der Waals surface area contributed by atoms with Crippen molar-refractivity contribution in [3.05, 3.63) is 54.3 Å². The van der Waals surface area contributed by atoms with E-state index in [9.17, 15) is 17.6 Å². The van der Waals surface area contributed by atoms with E-state index < -0.39 is 16.1 Å². The maximum atomic E-state index is 12.9. The summed E-state index contributed by atoms with van der Waals surface area (Å²) in [5, 5.41) is 2.72. The summed E-state index contributed by atoms with van der Waals surface area (Å²) in [7, 11) is -0.557. The molecule has 0 saturated heterocycles. The largest absolute Gasteiger partial charge is 0.492 e.